The van der Waals surface area contributed by atoms with Crippen LogP contribution in [0.3, 0.4) is 0 Å². The van der Waals surface area contributed by atoms with Gasteiger partial charge in [-0.3, -0.25) is 9.59 Å². The molecule has 0 aliphatic carbocycles. The molecule has 0 spiro atoms. The summed E-state index contributed by atoms with van der Waals surface area (Å²) in [6.45, 7) is 9.63. The van der Waals surface area contributed by atoms with E-state index in [9.17, 15) is 14.4 Å². The van der Waals surface area contributed by atoms with Crippen LogP contribution in [0.15, 0.2) is 30.3 Å². The summed E-state index contributed by atoms with van der Waals surface area (Å²) in [5.74, 6) is -1.00. The van der Waals surface area contributed by atoms with Gasteiger partial charge in [-0.1, -0.05) is 30.3 Å². The maximum atomic E-state index is 12.7. The number of Topliss-reactive ketones (excluding diaryl/α,β-unsaturated/α-hetero) is 1. The third-order valence-corrected chi connectivity index (χ3v) is 3.06. The van der Waals surface area contributed by atoms with E-state index in [0.717, 1.165) is 0 Å². The first-order valence-electron chi connectivity index (χ1n) is 7.70. The van der Waals surface area contributed by atoms with Crippen molar-refractivity contribution in [3.8, 4) is 0 Å². The van der Waals surface area contributed by atoms with Gasteiger partial charge in [0.15, 0.2) is 6.10 Å². The summed E-state index contributed by atoms with van der Waals surface area (Å²) in [5.41, 5.74) is -1.44. The van der Waals surface area contributed by atoms with Crippen molar-refractivity contribution in [1.82, 2.24) is 5.32 Å². The molecule has 1 aromatic rings. The molecule has 6 heteroatoms. The molecule has 1 atom stereocenters. The van der Waals surface area contributed by atoms with Crippen LogP contribution in [-0.4, -0.2) is 35.1 Å². The van der Waals surface area contributed by atoms with Crippen LogP contribution in [0.5, 0.6) is 0 Å². The molecule has 1 aromatic carbocycles. The second-order valence-electron chi connectivity index (χ2n) is 7.07. The zero-order chi connectivity index (χ0) is 18.5. The Morgan fingerprint density at radius 3 is 2.00 bits per heavy atom. The fourth-order valence-electron chi connectivity index (χ4n) is 2.08. The first-order valence-corrected chi connectivity index (χ1v) is 7.70. The smallest absolute Gasteiger partial charge is 0.408 e. The third-order valence-electron chi connectivity index (χ3n) is 3.06. The van der Waals surface area contributed by atoms with Crippen molar-refractivity contribution in [3.63, 3.8) is 0 Å². The molecule has 6 nitrogen and oxygen atoms in total. The van der Waals surface area contributed by atoms with Crippen molar-refractivity contribution in [2.45, 2.75) is 58.8 Å². The number of hydrogen-bond acceptors (Lipinski definition) is 5. The standard InChI is InChI=1S/C18H25NO5/c1-12(20)23-15(14(21)13-10-8-7-9-11-13)18(5,6)19-16(22)24-17(2,3)4/h7-11,15H,1-6H3,(H,19,22)/t15-/m1/s1. The number of amides is 1. The number of hydrogen-bond donors (Lipinski definition) is 1. The van der Waals surface area contributed by atoms with E-state index < -0.39 is 35.1 Å². The number of benzene rings is 1. The Hall–Kier alpha value is -2.37. The van der Waals surface area contributed by atoms with Gasteiger partial charge < -0.3 is 14.8 Å². The van der Waals surface area contributed by atoms with Gasteiger partial charge in [0.2, 0.25) is 5.78 Å². The maximum absolute atomic E-state index is 12.7. The normalized spacial score (nSPS) is 12.9. The topological polar surface area (TPSA) is 81.7 Å². The van der Waals surface area contributed by atoms with E-state index in [1.54, 1.807) is 65.0 Å². The number of carbonyl (C=O) groups excluding carboxylic acids is 3. The van der Waals surface area contributed by atoms with E-state index >= 15 is 0 Å². The Kier molecular flexibility index (Phi) is 6.12. The van der Waals surface area contributed by atoms with Gasteiger partial charge in [0, 0.05) is 12.5 Å². The van der Waals surface area contributed by atoms with Crippen molar-refractivity contribution in [2.75, 3.05) is 0 Å². The lowest BCUT2D eigenvalue weighted by Gasteiger charge is -2.34. The molecule has 0 aromatic heterocycles. The van der Waals surface area contributed by atoms with Crippen molar-refractivity contribution in [1.29, 1.82) is 0 Å². The molecule has 0 heterocycles. The molecule has 1 rings (SSSR count). The molecule has 0 saturated carbocycles. The Morgan fingerprint density at radius 1 is 1.00 bits per heavy atom. The number of nitrogens with one attached hydrogen (secondary N) is 1. The van der Waals surface area contributed by atoms with Crippen molar-refractivity contribution < 1.29 is 23.9 Å². The molecule has 0 unspecified atom stereocenters. The van der Waals surface area contributed by atoms with Crippen LogP contribution < -0.4 is 5.32 Å². The minimum absolute atomic E-state index is 0.391. The highest BCUT2D eigenvalue weighted by molar-refractivity contribution is 6.01. The second kappa shape index (κ2) is 7.47. The van der Waals surface area contributed by atoms with Gasteiger partial charge in [0.1, 0.15) is 5.60 Å². The summed E-state index contributed by atoms with van der Waals surface area (Å²) >= 11 is 0. The monoisotopic (exact) mass is 335 g/mol. The number of ketones is 1. The fourth-order valence-corrected chi connectivity index (χ4v) is 2.08. The molecule has 0 radical (unpaired) electrons. The van der Waals surface area contributed by atoms with E-state index in [1.165, 1.54) is 6.92 Å². The third kappa shape index (κ3) is 6.02. The zero-order valence-electron chi connectivity index (χ0n) is 15.0. The Bertz CT molecular complexity index is 602. The lowest BCUT2D eigenvalue weighted by Crippen LogP contribution is -2.57. The molecule has 0 aliphatic heterocycles. The molecule has 0 aliphatic rings. The van der Waals surface area contributed by atoms with Gasteiger partial charge in [-0.15, -0.1) is 0 Å². The molecule has 24 heavy (non-hydrogen) atoms. The average Bonchev–Trinajstić information content (AvgIpc) is 2.42. The predicted molar refractivity (Wildman–Crippen MR) is 89.8 cm³/mol. The number of rotatable bonds is 5. The van der Waals surface area contributed by atoms with Crippen LogP contribution in [0, 0.1) is 0 Å². The molecule has 132 valence electrons. The van der Waals surface area contributed by atoms with Crippen LogP contribution in [0.1, 0.15) is 51.9 Å². The predicted octanol–water partition coefficient (Wildman–Crippen LogP) is 3.10. The van der Waals surface area contributed by atoms with E-state index in [0.29, 0.717) is 5.56 Å². The van der Waals surface area contributed by atoms with E-state index in [-0.39, 0.29) is 0 Å². The van der Waals surface area contributed by atoms with Crippen molar-refractivity contribution >= 4 is 17.8 Å². The number of alkyl carbamates (subject to hydrolysis) is 1. The van der Waals surface area contributed by atoms with Gasteiger partial charge >= 0.3 is 12.1 Å². The van der Waals surface area contributed by atoms with Crippen LogP contribution in [0.2, 0.25) is 0 Å². The summed E-state index contributed by atoms with van der Waals surface area (Å²) in [6.07, 6.45) is -1.87. The van der Waals surface area contributed by atoms with Crippen molar-refractivity contribution in [3.05, 3.63) is 35.9 Å². The summed E-state index contributed by atoms with van der Waals surface area (Å²) in [6, 6.07) is 8.46. The fraction of sp³-hybridized carbons (Fsp3) is 0.500. The second-order valence-corrected chi connectivity index (χ2v) is 7.07. The zero-order valence-corrected chi connectivity index (χ0v) is 15.0. The molecule has 1 N–H and O–H groups in total. The summed E-state index contributed by atoms with van der Waals surface area (Å²) < 4.78 is 10.4. The maximum Gasteiger partial charge on any atom is 0.408 e. The summed E-state index contributed by atoms with van der Waals surface area (Å²) in [5, 5.41) is 2.61. The molecule has 1 amide bonds. The minimum Gasteiger partial charge on any atom is -0.452 e. The highest BCUT2D eigenvalue weighted by Gasteiger charge is 2.40. The first kappa shape index (κ1) is 19.7. The van der Waals surface area contributed by atoms with Gasteiger partial charge in [-0.2, -0.15) is 0 Å². The average molecular weight is 335 g/mol. The van der Waals surface area contributed by atoms with E-state index in [2.05, 4.69) is 5.32 Å². The highest BCUT2D eigenvalue weighted by Crippen LogP contribution is 2.20. The van der Waals surface area contributed by atoms with Gasteiger partial charge in [0.05, 0.1) is 5.54 Å². The summed E-state index contributed by atoms with van der Waals surface area (Å²) in [4.78, 5) is 36.2. The van der Waals surface area contributed by atoms with Crippen LogP contribution in [-0.2, 0) is 14.3 Å². The van der Waals surface area contributed by atoms with Crippen LogP contribution in [0.25, 0.3) is 0 Å². The lowest BCUT2D eigenvalue weighted by atomic mass is 9.90. The van der Waals surface area contributed by atoms with Gasteiger partial charge in [-0.05, 0) is 34.6 Å². The van der Waals surface area contributed by atoms with Crippen LogP contribution in [0.4, 0.5) is 4.79 Å². The quantitative estimate of drug-likeness (QED) is 0.660. The molecular weight excluding hydrogens is 310 g/mol. The number of carbonyl (C=O) groups is 3. The Labute approximate surface area is 142 Å². The summed E-state index contributed by atoms with van der Waals surface area (Å²) in [7, 11) is 0. The molecular formula is C18H25NO5. The molecule has 0 saturated heterocycles. The Morgan fingerprint density at radius 2 is 1.54 bits per heavy atom. The van der Waals surface area contributed by atoms with Gasteiger partial charge in [0.25, 0.3) is 0 Å². The largest absolute Gasteiger partial charge is 0.452 e. The van der Waals surface area contributed by atoms with E-state index in [1.807, 2.05) is 0 Å². The number of ether oxygens (including phenoxy) is 2. The minimum atomic E-state index is -1.18. The lowest BCUT2D eigenvalue weighted by molar-refractivity contribution is -0.147. The highest BCUT2D eigenvalue weighted by atomic mass is 16.6. The van der Waals surface area contributed by atoms with Crippen LogP contribution >= 0.6 is 0 Å². The number of esters is 1. The van der Waals surface area contributed by atoms with E-state index in [4.69, 9.17) is 9.47 Å². The SMILES string of the molecule is CC(=O)O[C@H](C(=O)c1ccccc1)C(C)(C)NC(=O)OC(C)(C)C. The molecule has 0 fully saturated rings. The first-order chi connectivity index (χ1) is 10.9. The molecule has 0 bridgehead atoms. The Balaban J connectivity index is 3.03. The van der Waals surface area contributed by atoms with Crippen molar-refractivity contribution in [2.24, 2.45) is 0 Å². The van der Waals surface area contributed by atoms with Gasteiger partial charge in [-0.25, -0.2) is 4.79 Å².